The van der Waals surface area contributed by atoms with E-state index in [0.717, 1.165) is 15.4 Å². The van der Waals surface area contributed by atoms with Gasteiger partial charge in [-0.25, -0.2) is 4.21 Å². The zero-order chi connectivity index (χ0) is 14.9. The van der Waals surface area contributed by atoms with E-state index in [0.29, 0.717) is 0 Å². The minimum Gasteiger partial charge on any atom is -0.289 e. The van der Waals surface area contributed by atoms with E-state index in [2.05, 4.69) is 31.2 Å². The summed E-state index contributed by atoms with van der Waals surface area (Å²) in [4.78, 5) is 1.10. The Bertz CT molecular complexity index is 612. The molecule has 0 aliphatic heterocycles. The van der Waals surface area contributed by atoms with Crippen molar-refractivity contribution in [3.8, 4) is 10.4 Å². The number of rotatable bonds is 3. The molecule has 0 amide bonds. The molecular formula is C15H19NO2S2. The van der Waals surface area contributed by atoms with E-state index >= 15 is 0 Å². The molecule has 0 aliphatic carbocycles. The fourth-order valence-electron chi connectivity index (χ4n) is 1.95. The number of benzene rings is 1. The minimum absolute atomic E-state index is 0.408. The molecule has 1 aromatic carbocycles. The zero-order valence-electron chi connectivity index (χ0n) is 12.1. The fraction of sp³-hybridized carbons (Fsp3) is 0.333. The lowest BCUT2D eigenvalue weighted by Crippen LogP contribution is -2.42. The molecule has 2 aromatic rings. The summed E-state index contributed by atoms with van der Waals surface area (Å²) in [6, 6.07) is 12.2. The summed E-state index contributed by atoms with van der Waals surface area (Å²) in [7, 11) is 0. The van der Waals surface area contributed by atoms with Gasteiger partial charge in [-0.2, -0.15) is 0 Å². The van der Waals surface area contributed by atoms with Gasteiger partial charge in [0.15, 0.2) is 0 Å². The molecule has 20 heavy (non-hydrogen) atoms. The Morgan fingerprint density at radius 1 is 1.10 bits per heavy atom. The lowest BCUT2D eigenvalue weighted by atomic mass is 10.1. The average molecular weight is 309 g/mol. The van der Waals surface area contributed by atoms with Gasteiger partial charge in [0.25, 0.3) is 11.3 Å². The third-order valence-electron chi connectivity index (χ3n) is 2.89. The van der Waals surface area contributed by atoms with Crippen LogP contribution < -0.4 is 4.31 Å². The van der Waals surface area contributed by atoms with E-state index in [1.807, 2.05) is 32.9 Å². The highest BCUT2D eigenvalue weighted by atomic mass is 32.2. The van der Waals surface area contributed by atoms with Crippen LogP contribution in [0.1, 0.15) is 26.3 Å². The molecule has 1 N–H and O–H groups in total. The van der Waals surface area contributed by atoms with Crippen LogP contribution in [0, 0.1) is 6.92 Å². The summed E-state index contributed by atoms with van der Waals surface area (Å²) in [6.07, 6.45) is 0. The maximum Gasteiger partial charge on any atom is 0.262 e. The number of anilines is 1. The Hall–Kier alpha value is -1.17. The molecule has 0 fully saturated rings. The summed E-state index contributed by atoms with van der Waals surface area (Å²) >= 11 is -0.499. The van der Waals surface area contributed by atoms with Crippen molar-refractivity contribution in [2.45, 2.75) is 33.2 Å². The normalized spacial score (nSPS) is 13.2. The van der Waals surface area contributed by atoms with Crippen molar-refractivity contribution < 1.29 is 8.76 Å². The number of hydrogen-bond acceptors (Lipinski definition) is 2. The summed E-state index contributed by atoms with van der Waals surface area (Å²) in [5.41, 5.74) is 1.94. The van der Waals surface area contributed by atoms with Crippen LogP contribution in [0.2, 0.25) is 0 Å². The van der Waals surface area contributed by atoms with Crippen molar-refractivity contribution in [3.05, 3.63) is 42.0 Å². The maximum atomic E-state index is 11.6. The molecule has 0 saturated carbocycles. The topological polar surface area (TPSA) is 40.5 Å². The summed E-state index contributed by atoms with van der Waals surface area (Å²) < 4.78 is 22.6. The van der Waals surface area contributed by atoms with E-state index in [1.165, 1.54) is 21.2 Å². The Kier molecular flexibility index (Phi) is 4.32. The Morgan fingerprint density at radius 3 is 2.20 bits per heavy atom. The first kappa shape index (κ1) is 15.2. The molecule has 0 aliphatic rings. The first-order chi connectivity index (χ1) is 9.29. The van der Waals surface area contributed by atoms with E-state index < -0.39 is 16.8 Å². The third-order valence-corrected chi connectivity index (χ3v) is 5.19. The van der Waals surface area contributed by atoms with Gasteiger partial charge in [0, 0.05) is 10.4 Å². The highest BCUT2D eigenvalue weighted by Gasteiger charge is 2.27. The Balaban J connectivity index is 2.37. The molecule has 0 bridgehead atoms. The highest BCUT2D eigenvalue weighted by Crippen LogP contribution is 2.37. The fourth-order valence-corrected chi connectivity index (χ4v) is 4.05. The van der Waals surface area contributed by atoms with Crippen LogP contribution in [0.25, 0.3) is 10.4 Å². The molecule has 108 valence electrons. The Labute approximate surface area is 126 Å². The smallest absolute Gasteiger partial charge is 0.262 e. The van der Waals surface area contributed by atoms with Crippen LogP contribution in [0.3, 0.4) is 0 Å². The van der Waals surface area contributed by atoms with Gasteiger partial charge < -0.3 is 0 Å². The van der Waals surface area contributed by atoms with E-state index in [-0.39, 0.29) is 0 Å². The van der Waals surface area contributed by atoms with Gasteiger partial charge in [0.1, 0.15) is 5.00 Å². The van der Waals surface area contributed by atoms with Crippen LogP contribution in [-0.2, 0) is 11.3 Å². The standard InChI is InChI=1S/C15H19NO2S2/c1-11-5-7-12(8-6-11)13-9-10-14(19-13)16(20(17)18)15(2,3)4/h5-10H,1-4H3,(H,17,18). The summed E-state index contributed by atoms with van der Waals surface area (Å²) in [5.74, 6) is 0. The van der Waals surface area contributed by atoms with Crippen LogP contribution in [0.4, 0.5) is 5.00 Å². The van der Waals surface area contributed by atoms with Gasteiger partial charge in [-0.3, -0.25) is 8.86 Å². The molecule has 0 radical (unpaired) electrons. The molecule has 1 unspecified atom stereocenters. The van der Waals surface area contributed by atoms with Gasteiger partial charge in [-0.1, -0.05) is 29.8 Å². The third kappa shape index (κ3) is 3.29. The first-order valence-electron chi connectivity index (χ1n) is 6.37. The van der Waals surface area contributed by atoms with Gasteiger partial charge >= 0.3 is 0 Å². The first-order valence-corrected chi connectivity index (χ1v) is 8.25. The number of nitrogens with zero attached hydrogens (tertiary/aromatic N) is 1. The molecule has 1 atom stereocenters. The zero-order valence-corrected chi connectivity index (χ0v) is 13.7. The van der Waals surface area contributed by atoms with Crippen molar-refractivity contribution in [1.29, 1.82) is 0 Å². The van der Waals surface area contributed by atoms with Crippen molar-refractivity contribution in [3.63, 3.8) is 0 Å². The Morgan fingerprint density at radius 2 is 1.70 bits per heavy atom. The van der Waals surface area contributed by atoms with E-state index in [9.17, 15) is 8.76 Å². The lowest BCUT2D eigenvalue weighted by molar-refractivity contribution is 0.516. The molecule has 0 saturated heterocycles. The largest absolute Gasteiger partial charge is 0.289 e. The quantitative estimate of drug-likeness (QED) is 0.850. The van der Waals surface area contributed by atoms with Crippen molar-refractivity contribution >= 4 is 27.6 Å². The monoisotopic (exact) mass is 309 g/mol. The second-order valence-electron chi connectivity index (χ2n) is 5.70. The molecule has 1 aromatic heterocycles. The van der Waals surface area contributed by atoms with E-state index in [1.54, 1.807) is 0 Å². The summed E-state index contributed by atoms with van der Waals surface area (Å²) in [6.45, 7) is 7.82. The van der Waals surface area contributed by atoms with Crippen LogP contribution >= 0.6 is 11.3 Å². The average Bonchev–Trinajstić information content (AvgIpc) is 2.76. The predicted octanol–water partition coefficient (Wildman–Crippen LogP) is 4.47. The second kappa shape index (κ2) is 5.68. The second-order valence-corrected chi connectivity index (χ2v) is 7.59. The van der Waals surface area contributed by atoms with Crippen LogP contribution in [0.15, 0.2) is 36.4 Å². The maximum absolute atomic E-state index is 11.6. The molecular weight excluding hydrogens is 290 g/mol. The summed E-state index contributed by atoms with van der Waals surface area (Å²) in [5, 5.41) is 0.800. The molecule has 3 nitrogen and oxygen atoms in total. The van der Waals surface area contributed by atoms with Gasteiger partial charge in [-0.05, 0) is 45.4 Å². The van der Waals surface area contributed by atoms with Gasteiger partial charge in [-0.15, -0.1) is 11.3 Å². The molecule has 0 spiro atoms. The SMILES string of the molecule is Cc1ccc(-c2ccc(N(S(=O)O)C(C)(C)C)s2)cc1. The number of aryl methyl sites for hydroxylation is 1. The molecule has 1 heterocycles. The van der Waals surface area contributed by atoms with Crippen LogP contribution in [0.5, 0.6) is 0 Å². The van der Waals surface area contributed by atoms with Gasteiger partial charge in [0.2, 0.25) is 0 Å². The van der Waals surface area contributed by atoms with Crippen molar-refractivity contribution in [2.75, 3.05) is 4.31 Å². The predicted molar refractivity (Wildman–Crippen MR) is 87.5 cm³/mol. The lowest BCUT2D eigenvalue weighted by Gasteiger charge is -2.32. The minimum atomic E-state index is -2.03. The van der Waals surface area contributed by atoms with Crippen LogP contribution in [-0.4, -0.2) is 14.3 Å². The highest BCUT2D eigenvalue weighted by molar-refractivity contribution is 7.81. The molecule has 2 rings (SSSR count). The number of thiophene rings is 1. The molecule has 5 heteroatoms. The van der Waals surface area contributed by atoms with Gasteiger partial charge in [0.05, 0.1) is 0 Å². The van der Waals surface area contributed by atoms with E-state index in [4.69, 9.17) is 0 Å². The van der Waals surface area contributed by atoms with Crippen molar-refractivity contribution in [2.24, 2.45) is 0 Å². The number of hydrogen-bond donors (Lipinski definition) is 1. The van der Waals surface area contributed by atoms with Crippen molar-refractivity contribution in [1.82, 2.24) is 0 Å².